The molecular weight excluding hydrogens is 324 g/mol. The molecule has 2 rings (SSSR count). The summed E-state index contributed by atoms with van der Waals surface area (Å²) in [7, 11) is 0. The van der Waals surface area contributed by atoms with E-state index in [1.54, 1.807) is 0 Å². The first kappa shape index (κ1) is 18.8. The van der Waals surface area contributed by atoms with E-state index in [4.69, 9.17) is 9.47 Å². The Kier molecular flexibility index (Phi) is 6.01. The molecule has 1 fully saturated rings. The number of urea groups is 1. The zero-order valence-corrected chi connectivity index (χ0v) is 15.0. The molecule has 0 saturated carbocycles. The van der Waals surface area contributed by atoms with E-state index in [1.165, 1.54) is 6.92 Å². The molecule has 1 saturated heterocycles. The molecule has 0 bridgehead atoms. The Morgan fingerprint density at radius 1 is 1.28 bits per heavy atom. The van der Waals surface area contributed by atoms with E-state index in [9.17, 15) is 14.4 Å². The molecule has 1 aromatic rings. The van der Waals surface area contributed by atoms with Crippen molar-refractivity contribution in [2.45, 2.75) is 39.7 Å². The quantitative estimate of drug-likeness (QED) is 0.795. The maximum atomic E-state index is 12.1. The summed E-state index contributed by atoms with van der Waals surface area (Å²) >= 11 is 0. The molecule has 0 unspecified atom stereocenters. The van der Waals surface area contributed by atoms with Gasteiger partial charge in [0.25, 0.3) is 5.91 Å². The molecule has 7 heteroatoms. The third-order valence-corrected chi connectivity index (χ3v) is 4.00. The lowest BCUT2D eigenvalue weighted by atomic mass is 10.0. The molecule has 1 atom stereocenters. The van der Waals surface area contributed by atoms with Crippen LogP contribution in [0.25, 0.3) is 0 Å². The molecule has 0 radical (unpaired) electrons. The number of rotatable bonds is 6. The van der Waals surface area contributed by atoms with E-state index in [0.717, 1.165) is 16.0 Å². The van der Waals surface area contributed by atoms with E-state index in [-0.39, 0.29) is 13.2 Å². The van der Waals surface area contributed by atoms with Crippen LogP contribution in [-0.4, -0.2) is 48.6 Å². The molecule has 0 spiro atoms. The van der Waals surface area contributed by atoms with Crippen LogP contribution in [-0.2, 0) is 14.3 Å². The van der Waals surface area contributed by atoms with Gasteiger partial charge in [0, 0.05) is 13.1 Å². The van der Waals surface area contributed by atoms with Crippen LogP contribution in [0.15, 0.2) is 18.2 Å². The predicted molar refractivity (Wildman–Crippen MR) is 91.4 cm³/mol. The first-order valence-electron chi connectivity index (χ1n) is 8.31. The van der Waals surface area contributed by atoms with Gasteiger partial charge in [0.05, 0.1) is 0 Å². The second-order valence-electron chi connectivity index (χ2n) is 6.32. The Morgan fingerprint density at radius 3 is 2.60 bits per heavy atom. The first-order valence-corrected chi connectivity index (χ1v) is 8.31. The molecule has 3 amide bonds. The molecule has 1 heterocycles. The van der Waals surface area contributed by atoms with Gasteiger partial charge in [-0.05, 0) is 37.0 Å². The van der Waals surface area contributed by atoms with Gasteiger partial charge >= 0.3 is 12.0 Å². The topological polar surface area (TPSA) is 84.9 Å². The Hall–Kier alpha value is -2.57. The minimum atomic E-state index is -1.04. The van der Waals surface area contributed by atoms with E-state index in [0.29, 0.717) is 18.2 Å². The van der Waals surface area contributed by atoms with Crippen LogP contribution < -0.4 is 10.1 Å². The van der Waals surface area contributed by atoms with Crippen molar-refractivity contribution in [3.63, 3.8) is 0 Å². The average Bonchev–Trinajstić information content (AvgIpc) is 2.99. The maximum Gasteiger partial charge on any atom is 0.344 e. The second kappa shape index (κ2) is 8.00. The van der Waals surface area contributed by atoms with Crippen molar-refractivity contribution in [3.8, 4) is 5.75 Å². The van der Waals surface area contributed by atoms with E-state index in [1.807, 2.05) is 25.1 Å². The van der Waals surface area contributed by atoms with E-state index in [2.05, 4.69) is 19.2 Å². The Labute approximate surface area is 147 Å². The number of nitrogens with zero attached hydrogens (tertiary/aromatic N) is 1. The van der Waals surface area contributed by atoms with Crippen molar-refractivity contribution in [2.24, 2.45) is 0 Å². The summed E-state index contributed by atoms with van der Waals surface area (Å²) in [5, 5.41) is 2.53. The first-order chi connectivity index (χ1) is 11.8. The van der Waals surface area contributed by atoms with Crippen LogP contribution in [0.3, 0.4) is 0 Å². The summed E-state index contributed by atoms with van der Waals surface area (Å²) in [5.41, 5.74) is 2.02. The standard InChI is InChI=1S/C18H24N2O5/c1-11(2)14-6-5-12(3)15(9-14)24-10-16(21)25-13(4)17(22)20-8-7-19-18(20)23/h5-6,9,11,13H,7-8,10H2,1-4H3,(H,19,23)/t13-/m1/s1. The molecule has 1 N–H and O–H groups in total. The fraction of sp³-hybridized carbons (Fsp3) is 0.500. The molecule has 0 aromatic heterocycles. The second-order valence-corrected chi connectivity index (χ2v) is 6.32. The molecule has 25 heavy (non-hydrogen) atoms. The number of carbonyl (C=O) groups excluding carboxylic acids is 3. The number of nitrogens with one attached hydrogen (secondary N) is 1. The fourth-order valence-corrected chi connectivity index (χ4v) is 2.45. The number of aryl methyl sites for hydroxylation is 1. The number of hydrogen-bond acceptors (Lipinski definition) is 5. The highest BCUT2D eigenvalue weighted by atomic mass is 16.6. The highest BCUT2D eigenvalue weighted by Crippen LogP contribution is 2.24. The average molecular weight is 348 g/mol. The van der Waals surface area contributed by atoms with E-state index < -0.39 is 24.0 Å². The normalized spacial score (nSPS) is 15.1. The minimum Gasteiger partial charge on any atom is -0.482 e. The summed E-state index contributed by atoms with van der Waals surface area (Å²) in [6.07, 6.45) is -1.04. The number of ether oxygens (including phenoxy) is 2. The van der Waals surface area contributed by atoms with Gasteiger partial charge in [0.2, 0.25) is 0 Å². The lowest BCUT2D eigenvalue weighted by Crippen LogP contribution is -2.42. The maximum absolute atomic E-state index is 12.1. The highest BCUT2D eigenvalue weighted by molar-refractivity contribution is 5.98. The third kappa shape index (κ3) is 4.71. The number of imide groups is 1. The summed E-state index contributed by atoms with van der Waals surface area (Å²) in [6.45, 7) is 7.86. The fourth-order valence-electron chi connectivity index (χ4n) is 2.45. The summed E-state index contributed by atoms with van der Waals surface area (Å²) in [6, 6.07) is 5.39. The monoisotopic (exact) mass is 348 g/mol. The smallest absolute Gasteiger partial charge is 0.344 e. The van der Waals surface area contributed by atoms with E-state index >= 15 is 0 Å². The van der Waals surface area contributed by atoms with Crippen LogP contribution in [0.4, 0.5) is 4.79 Å². The molecule has 1 aliphatic heterocycles. The van der Waals surface area contributed by atoms with Gasteiger partial charge in [-0.15, -0.1) is 0 Å². The van der Waals surface area contributed by atoms with Crippen LogP contribution in [0.1, 0.15) is 37.8 Å². The van der Waals surface area contributed by atoms with Crippen molar-refractivity contribution in [2.75, 3.05) is 19.7 Å². The molecular formula is C18H24N2O5. The van der Waals surface area contributed by atoms with Crippen LogP contribution in [0, 0.1) is 6.92 Å². The van der Waals surface area contributed by atoms with Crippen molar-refractivity contribution >= 4 is 17.9 Å². The molecule has 7 nitrogen and oxygen atoms in total. The molecule has 1 aliphatic rings. The Balaban J connectivity index is 1.89. The van der Waals surface area contributed by atoms with Crippen LogP contribution >= 0.6 is 0 Å². The molecule has 136 valence electrons. The van der Waals surface area contributed by atoms with Crippen LogP contribution in [0.2, 0.25) is 0 Å². The van der Waals surface area contributed by atoms with Gasteiger partial charge in [0.15, 0.2) is 12.7 Å². The van der Waals surface area contributed by atoms with Gasteiger partial charge in [-0.25, -0.2) is 9.59 Å². The van der Waals surface area contributed by atoms with Crippen molar-refractivity contribution in [1.29, 1.82) is 0 Å². The van der Waals surface area contributed by atoms with Crippen molar-refractivity contribution < 1.29 is 23.9 Å². The number of esters is 1. The predicted octanol–water partition coefficient (Wildman–Crippen LogP) is 1.98. The van der Waals surface area contributed by atoms with Gasteiger partial charge in [-0.3, -0.25) is 9.69 Å². The Bertz CT molecular complexity index is 671. The van der Waals surface area contributed by atoms with Crippen LogP contribution in [0.5, 0.6) is 5.75 Å². The van der Waals surface area contributed by atoms with Gasteiger partial charge in [-0.2, -0.15) is 0 Å². The van der Waals surface area contributed by atoms with Gasteiger partial charge in [0.1, 0.15) is 5.75 Å². The van der Waals surface area contributed by atoms with Crippen molar-refractivity contribution in [1.82, 2.24) is 10.2 Å². The number of carbonyl (C=O) groups is 3. The molecule has 1 aromatic carbocycles. The van der Waals surface area contributed by atoms with Gasteiger partial charge < -0.3 is 14.8 Å². The number of benzene rings is 1. The highest BCUT2D eigenvalue weighted by Gasteiger charge is 2.31. The SMILES string of the molecule is Cc1ccc(C(C)C)cc1OCC(=O)O[C@H](C)C(=O)N1CCNC1=O. The van der Waals surface area contributed by atoms with Crippen molar-refractivity contribution in [3.05, 3.63) is 29.3 Å². The lowest BCUT2D eigenvalue weighted by Gasteiger charge is -2.18. The zero-order valence-electron chi connectivity index (χ0n) is 15.0. The largest absolute Gasteiger partial charge is 0.482 e. The third-order valence-electron chi connectivity index (χ3n) is 4.00. The number of hydrogen-bond donors (Lipinski definition) is 1. The zero-order chi connectivity index (χ0) is 18.6. The minimum absolute atomic E-state index is 0.275. The summed E-state index contributed by atoms with van der Waals surface area (Å²) < 4.78 is 10.6. The molecule has 0 aliphatic carbocycles. The Morgan fingerprint density at radius 2 is 2.00 bits per heavy atom. The van der Waals surface area contributed by atoms with Gasteiger partial charge in [-0.1, -0.05) is 26.0 Å². The summed E-state index contributed by atoms with van der Waals surface area (Å²) in [4.78, 5) is 36.5. The lowest BCUT2D eigenvalue weighted by molar-refractivity contribution is -0.159. The number of amides is 3. The summed E-state index contributed by atoms with van der Waals surface area (Å²) in [5.74, 6) is -0.239.